The number of hydrogen-bond donors (Lipinski definition) is 1. The van der Waals surface area contributed by atoms with Crippen LogP contribution in [0.1, 0.15) is 28.8 Å². The van der Waals surface area contributed by atoms with Crippen LogP contribution >= 0.6 is 0 Å². The van der Waals surface area contributed by atoms with Gasteiger partial charge in [-0.15, -0.1) is 0 Å². The summed E-state index contributed by atoms with van der Waals surface area (Å²) in [6, 6.07) is 18.7. The van der Waals surface area contributed by atoms with Gasteiger partial charge in [0.05, 0.1) is 13.5 Å². The Bertz CT molecular complexity index is 626. The van der Waals surface area contributed by atoms with Crippen LogP contribution in [0.3, 0.4) is 0 Å². The molecule has 0 aliphatic rings. The maximum atomic E-state index is 12.3. The Hall–Kier alpha value is -2.62. The lowest BCUT2D eigenvalue weighted by atomic mass is 10.0. The fourth-order valence-corrected chi connectivity index (χ4v) is 2.35. The molecule has 120 valence electrons. The summed E-state index contributed by atoms with van der Waals surface area (Å²) < 4.78 is 4.73. The van der Waals surface area contributed by atoms with Crippen LogP contribution in [-0.2, 0) is 16.0 Å². The molecule has 1 atom stereocenters. The molecule has 4 heteroatoms. The van der Waals surface area contributed by atoms with Crippen LogP contribution in [0.15, 0.2) is 60.7 Å². The molecule has 0 heterocycles. The topological polar surface area (TPSA) is 55.4 Å². The van der Waals surface area contributed by atoms with Crippen molar-refractivity contribution in [1.29, 1.82) is 0 Å². The number of ether oxygens (including phenoxy) is 1. The van der Waals surface area contributed by atoms with E-state index in [2.05, 4.69) is 5.32 Å². The second-order valence-corrected chi connectivity index (χ2v) is 5.34. The van der Waals surface area contributed by atoms with Gasteiger partial charge in [-0.3, -0.25) is 9.59 Å². The Balaban J connectivity index is 1.99. The summed E-state index contributed by atoms with van der Waals surface area (Å²) in [6.07, 6.45) is 1.64. The van der Waals surface area contributed by atoms with Crippen LogP contribution in [0.5, 0.6) is 0 Å². The van der Waals surface area contributed by atoms with Crippen LogP contribution in [0.4, 0.5) is 0 Å². The fraction of sp³-hybridized carbons (Fsp3) is 0.263. The minimum absolute atomic E-state index is 0.169. The first-order valence-electron chi connectivity index (χ1n) is 7.65. The fourth-order valence-electron chi connectivity index (χ4n) is 2.35. The Kier molecular flexibility index (Phi) is 6.36. The number of benzene rings is 2. The molecule has 0 unspecified atom stereocenters. The molecule has 2 aromatic rings. The quantitative estimate of drug-likeness (QED) is 0.800. The zero-order valence-corrected chi connectivity index (χ0v) is 13.2. The zero-order valence-electron chi connectivity index (χ0n) is 13.2. The van der Waals surface area contributed by atoms with E-state index >= 15 is 0 Å². The molecule has 0 saturated heterocycles. The molecular formula is C19H21NO3. The largest absolute Gasteiger partial charge is 0.469 e. The minimum atomic E-state index is -0.323. The first-order chi connectivity index (χ1) is 11.2. The summed E-state index contributed by atoms with van der Waals surface area (Å²) in [6.45, 7) is 0. The summed E-state index contributed by atoms with van der Waals surface area (Å²) in [5, 5.41) is 2.93. The second kappa shape index (κ2) is 8.73. The molecule has 0 fully saturated rings. The normalized spacial score (nSPS) is 11.5. The summed E-state index contributed by atoms with van der Waals surface area (Å²) in [5.41, 5.74) is 1.76. The Labute approximate surface area is 136 Å². The van der Waals surface area contributed by atoms with Gasteiger partial charge in [0.25, 0.3) is 5.91 Å². The van der Waals surface area contributed by atoms with Crippen molar-refractivity contribution in [3.63, 3.8) is 0 Å². The van der Waals surface area contributed by atoms with E-state index in [9.17, 15) is 9.59 Å². The lowest BCUT2D eigenvalue weighted by molar-refractivity contribution is -0.141. The summed E-state index contributed by atoms with van der Waals surface area (Å²) in [5.74, 6) is -0.496. The van der Waals surface area contributed by atoms with Crippen LogP contribution < -0.4 is 5.32 Å². The first-order valence-corrected chi connectivity index (χ1v) is 7.65. The number of carbonyl (C=O) groups is 2. The number of aryl methyl sites for hydroxylation is 1. The SMILES string of the molecule is COC(=O)C[C@H](CCc1ccccc1)NC(=O)c1ccccc1. The number of hydrogen-bond acceptors (Lipinski definition) is 3. The van der Waals surface area contributed by atoms with Crippen LogP contribution in [-0.4, -0.2) is 25.0 Å². The predicted molar refractivity (Wildman–Crippen MR) is 89.1 cm³/mol. The molecule has 0 saturated carbocycles. The first kappa shape index (κ1) is 16.7. The van der Waals surface area contributed by atoms with Crippen LogP contribution in [0.2, 0.25) is 0 Å². The summed E-state index contributed by atoms with van der Waals surface area (Å²) >= 11 is 0. The van der Waals surface area contributed by atoms with Gasteiger partial charge in [0.1, 0.15) is 0 Å². The molecule has 0 radical (unpaired) electrons. The van der Waals surface area contributed by atoms with E-state index in [0.29, 0.717) is 12.0 Å². The molecule has 0 aliphatic heterocycles. The third kappa shape index (κ3) is 5.58. The molecular weight excluding hydrogens is 290 g/mol. The van der Waals surface area contributed by atoms with E-state index < -0.39 is 0 Å². The molecule has 23 heavy (non-hydrogen) atoms. The van der Waals surface area contributed by atoms with Crippen molar-refractivity contribution in [2.75, 3.05) is 7.11 Å². The Morgan fingerprint density at radius 2 is 1.61 bits per heavy atom. The molecule has 1 N–H and O–H groups in total. The number of carbonyl (C=O) groups excluding carboxylic acids is 2. The molecule has 0 aromatic heterocycles. The Morgan fingerprint density at radius 1 is 1.00 bits per heavy atom. The number of methoxy groups -OCH3 is 1. The van der Waals surface area contributed by atoms with E-state index in [1.807, 2.05) is 48.5 Å². The smallest absolute Gasteiger partial charge is 0.307 e. The van der Waals surface area contributed by atoms with Crippen molar-refractivity contribution in [3.8, 4) is 0 Å². The third-order valence-corrected chi connectivity index (χ3v) is 3.64. The standard InChI is InChI=1S/C19H21NO3/c1-23-18(21)14-17(13-12-15-8-4-2-5-9-15)20-19(22)16-10-6-3-7-11-16/h2-11,17H,12-14H2,1H3,(H,20,22)/t17-/m0/s1. The average Bonchev–Trinajstić information content (AvgIpc) is 2.61. The van der Waals surface area contributed by atoms with Crippen molar-refractivity contribution in [3.05, 3.63) is 71.8 Å². The molecule has 0 aliphatic carbocycles. The lowest BCUT2D eigenvalue weighted by Crippen LogP contribution is -2.37. The molecule has 2 aromatic carbocycles. The highest BCUT2D eigenvalue weighted by Crippen LogP contribution is 2.09. The van der Waals surface area contributed by atoms with E-state index in [-0.39, 0.29) is 24.3 Å². The third-order valence-electron chi connectivity index (χ3n) is 3.64. The van der Waals surface area contributed by atoms with E-state index in [1.165, 1.54) is 12.7 Å². The summed E-state index contributed by atoms with van der Waals surface area (Å²) in [4.78, 5) is 23.9. The molecule has 1 amide bonds. The number of rotatable bonds is 7. The van der Waals surface area contributed by atoms with Gasteiger partial charge in [0, 0.05) is 11.6 Å². The highest BCUT2D eigenvalue weighted by Gasteiger charge is 2.17. The van der Waals surface area contributed by atoms with Gasteiger partial charge in [0.15, 0.2) is 0 Å². The van der Waals surface area contributed by atoms with Crippen molar-refractivity contribution in [1.82, 2.24) is 5.32 Å². The van der Waals surface area contributed by atoms with E-state index in [0.717, 1.165) is 6.42 Å². The van der Waals surface area contributed by atoms with Gasteiger partial charge in [-0.2, -0.15) is 0 Å². The minimum Gasteiger partial charge on any atom is -0.469 e. The van der Waals surface area contributed by atoms with Crippen molar-refractivity contribution >= 4 is 11.9 Å². The molecule has 0 bridgehead atoms. The number of esters is 1. The van der Waals surface area contributed by atoms with Crippen LogP contribution in [0.25, 0.3) is 0 Å². The highest BCUT2D eigenvalue weighted by atomic mass is 16.5. The molecule has 2 rings (SSSR count). The van der Waals surface area contributed by atoms with Gasteiger partial charge >= 0.3 is 5.97 Å². The van der Waals surface area contributed by atoms with Crippen LogP contribution in [0, 0.1) is 0 Å². The lowest BCUT2D eigenvalue weighted by Gasteiger charge is -2.18. The van der Waals surface area contributed by atoms with E-state index in [1.54, 1.807) is 12.1 Å². The van der Waals surface area contributed by atoms with Gasteiger partial charge in [-0.05, 0) is 30.5 Å². The van der Waals surface area contributed by atoms with Crippen molar-refractivity contribution in [2.45, 2.75) is 25.3 Å². The number of amides is 1. The average molecular weight is 311 g/mol. The Morgan fingerprint density at radius 3 is 2.22 bits per heavy atom. The van der Waals surface area contributed by atoms with Crippen molar-refractivity contribution in [2.24, 2.45) is 0 Å². The highest BCUT2D eigenvalue weighted by molar-refractivity contribution is 5.94. The predicted octanol–water partition coefficient (Wildman–Crippen LogP) is 2.98. The molecule has 4 nitrogen and oxygen atoms in total. The van der Waals surface area contributed by atoms with Gasteiger partial charge < -0.3 is 10.1 Å². The summed E-state index contributed by atoms with van der Waals surface area (Å²) in [7, 11) is 1.36. The van der Waals surface area contributed by atoms with Crippen molar-refractivity contribution < 1.29 is 14.3 Å². The zero-order chi connectivity index (χ0) is 16.5. The van der Waals surface area contributed by atoms with Gasteiger partial charge in [-0.25, -0.2) is 0 Å². The molecule has 0 spiro atoms. The maximum absolute atomic E-state index is 12.3. The second-order valence-electron chi connectivity index (χ2n) is 5.34. The maximum Gasteiger partial charge on any atom is 0.307 e. The number of nitrogens with one attached hydrogen (secondary N) is 1. The van der Waals surface area contributed by atoms with Gasteiger partial charge in [-0.1, -0.05) is 48.5 Å². The van der Waals surface area contributed by atoms with Gasteiger partial charge in [0.2, 0.25) is 0 Å². The van der Waals surface area contributed by atoms with E-state index in [4.69, 9.17) is 4.74 Å². The monoisotopic (exact) mass is 311 g/mol.